The Morgan fingerprint density at radius 3 is 2.46 bits per heavy atom. The number of pyridine rings is 1. The number of nitrogens with one attached hydrogen (secondary N) is 1. The van der Waals surface area contributed by atoms with Gasteiger partial charge < -0.3 is 15.1 Å². The fraction of sp³-hybridized carbons (Fsp3) is 0.350. The van der Waals surface area contributed by atoms with Crippen LogP contribution in [0.1, 0.15) is 25.5 Å². The van der Waals surface area contributed by atoms with Crippen molar-refractivity contribution >= 4 is 23.2 Å². The van der Waals surface area contributed by atoms with Gasteiger partial charge in [0.15, 0.2) is 0 Å². The van der Waals surface area contributed by atoms with Gasteiger partial charge in [-0.3, -0.25) is 14.6 Å². The van der Waals surface area contributed by atoms with Crippen molar-refractivity contribution in [1.82, 2.24) is 9.88 Å². The minimum Gasteiger partial charge on any atom is -0.372 e. The Morgan fingerprint density at radius 2 is 1.85 bits per heavy atom. The highest BCUT2D eigenvalue weighted by molar-refractivity contribution is 5.94. The molecule has 0 atom stereocenters. The number of anilines is 2. The Labute approximate surface area is 153 Å². The lowest BCUT2D eigenvalue weighted by Crippen LogP contribution is -2.36. The molecule has 136 valence electrons. The maximum absolute atomic E-state index is 12.3. The van der Waals surface area contributed by atoms with Crippen LogP contribution in [0.15, 0.2) is 48.7 Å². The van der Waals surface area contributed by atoms with Crippen LogP contribution in [0.3, 0.4) is 0 Å². The lowest BCUT2D eigenvalue weighted by atomic mass is 10.2. The zero-order chi connectivity index (χ0) is 18.4. The van der Waals surface area contributed by atoms with Gasteiger partial charge >= 0.3 is 0 Å². The molecule has 0 bridgehead atoms. The van der Waals surface area contributed by atoms with E-state index >= 15 is 0 Å². The van der Waals surface area contributed by atoms with Gasteiger partial charge in [0.1, 0.15) is 6.54 Å². The summed E-state index contributed by atoms with van der Waals surface area (Å²) in [6.45, 7) is 3.96. The van der Waals surface area contributed by atoms with Crippen molar-refractivity contribution in [3.05, 3.63) is 54.4 Å². The monoisotopic (exact) mass is 352 g/mol. The SMILES string of the molecule is CC(=O)N(CC(=O)Nc1ccc(N2CCCC2)cc1)Cc1ccccn1. The topological polar surface area (TPSA) is 65.5 Å². The standard InChI is InChI=1S/C20H24N4O2/c1-16(25)24(14-18-6-2-3-11-21-18)15-20(26)22-17-7-9-19(10-8-17)23-12-4-5-13-23/h2-3,6-11H,4-5,12-15H2,1H3,(H,22,26). The molecule has 0 aliphatic carbocycles. The van der Waals surface area contributed by atoms with Crippen molar-refractivity contribution in [1.29, 1.82) is 0 Å². The first-order valence-corrected chi connectivity index (χ1v) is 8.92. The highest BCUT2D eigenvalue weighted by Gasteiger charge is 2.15. The van der Waals surface area contributed by atoms with Crippen LogP contribution in [0, 0.1) is 0 Å². The largest absolute Gasteiger partial charge is 0.372 e. The summed E-state index contributed by atoms with van der Waals surface area (Å²) < 4.78 is 0. The molecule has 6 heteroatoms. The fourth-order valence-corrected chi connectivity index (χ4v) is 3.07. The summed E-state index contributed by atoms with van der Waals surface area (Å²) in [6, 6.07) is 13.4. The molecule has 0 saturated carbocycles. The zero-order valence-corrected chi connectivity index (χ0v) is 15.0. The summed E-state index contributed by atoms with van der Waals surface area (Å²) in [7, 11) is 0. The molecule has 3 rings (SSSR count). The smallest absolute Gasteiger partial charge is 0.244 e. The second-order valence-electron chi connectivity index (χ2n) is 6.49. The van der Waals surface area contributed by atoms with Crippen molar-refractivity contribution in [3.63, 3.8) is 0 Å². The first kappa shape index (κ1) is 17.9. The summed E-state index contributed by atoms with van der Waals surface area (Å²) in [5.41, 5.74) is 2.67. The molecular weight excluding hydrogens is 328 g/mol. The van der Waals surface area contributed by atoms with Crippen molar-refractivity contribution in [3.8, 4) is 0 Å². The first-order valence-electron chi connectivity index (χ1n) is 8.92. The van der Waals surface area contributed by atoms with Crippen LogP contribution in [0.25, 0.3) is 0 Å². The summed E-state index contributed by atoms with van der Waals surface area (Å²) in [5, 5.41) is 2.86. The Bertz CT molecular complexity index is 740. The third-order valence-electron chi connectivity index (χ3n) is 4.48. The number of hydrogen-bond donors (Lipinski definition) is 1. The molecule has 1 fully saturated rings. The zero-order valence-electron chi connectivity index (χ0n) is 15.0. The van der Waals surface area contributed by atoms with E-state index in [0.29, 0.717) is 6.54 Å². The van der Waals surface area contributed by atoms with E-state index in [-0.39, 0.29) is 18.4 Å². The van der Waals surface area contributed by atoms with Gasteiger partial charge in [0, 0.05) is 37.6 Å². The number of aromatic nitrogens is 1. The summed E-state index contributed by atoms with van der Waals surface area (Å²) in [4.78, 5) is 32.2. The molecule has 1 aliphatic rings. The van der Waals surface area contributed by atoms with Crippen molar-refractivity contribution < 1.29 is 9.59 Å². The molecule has 1 aromatic heterocycles. The van der Waals surface area contributed by atoms with Gasteiger partial charge in [0.05, 0.1) is 12.2 Å². The molecule has 1 aliphatic heterocycles. The normalized spacial score (nSPS) is 13.5. The molecule has 2 aromatic rings. The minimum absolute atomic E-state index is 0.000214. The molecule has 1 N–H and O–H groups in total. The summed E-state index contributed by atoms with van der Waals surface area (Å²) >= 11 is 0. The number of nitrogens with zero attached hydrogens (tertiary/aromatic N) is 3. The van der Waals surface area contributed by atoms with E-state index in [1.165, 1.54) is 30.4 Å². The molecular formula is C20H24N4O2. The van der Waals surface area contributed by atoms with Crippen LogP contribution in [0.2, 0.25) is 0 Å². The quantitative estimate of drug-likeness (QED) is 0.868. The molecule has 2 amide bonds. The van der Waals surface area contributed by atoms with Crippen LogP contribution in [0.4, 0.5) is 11.4 Å². The Balaban J connectivity index is 1.56. The van der Waals surface area contributed by atoms with Crippen molar-refractivity contribution in [2.75, 3.05) is 29.9 Å². The third kappa shape index (κ3) is 4.81. The maximum atomic E-state index is 12.3. The van der Waals surface area contributed by atoms with E-state index in [9.17, 15) is 9.59 Å². The fourth-order valence-electron chi connectivity index (χ4n) is 3.07. The van der Waals surface area contributed by atoms with Gasteiger partial charge in [-0.25, -0.2) is 0 Å². The average molecular weight is 352 g/mol. The lowest BCUT2D eigenvalue weighted by Gasteiger charge is -2.20. The Hall–Kier alpha value is -2.89. The molecule has 6 nitrogen and oxygen atoms in total. The molecule has 0 radical (unpaired) electrons. The highest BCUT2D eigenvalue weighted by Crippen LogP contribution is 2.22. The van der Waals surface area contributed by atoms with Gasteiger partial charge in [-0.2, -0.15) is 0 Å². The second kappa shape index (κ2) is 8.47. The van der Waals surface area contributed by atoms with Gasteiger partial charge in [-0.15, -0.1) is 0 Å². The number of carbonyl (C=O) groups is 2. The van der Waals surface area contributed by atoms with Crippen molar-refractivity contribution in [2.45, 2.75) is 26.3 Å². The summed E-state index contributed by atoms with van der Waals surface area (Å²) in [6.07, 6.45) is 4.14. The minimum atomic E-state index is -0.218. The molecule has 0 unspecified atom stereocenters. The molecule has 0 spiro atoms. The summed E-state index contributed by atoms with van der Waals surface area (Å²) in [5.74, 6) is -0.375. The molecule has 2 heterocycles. The average Bonchev–Trinajstić information content (AvgIpc) is 3.17. The third-order valence-corrected chi connectivity index (χ3v) is 4.48. The van der Waals surface area contributed by atoms with E-state index in [0.717, 1.165) is 24.5 Å². The number of rotatable bonds is 6. The second-order valence-corrected chi connectivity index (χ2v) is 6.49. The van der Waals surface area contributed by atoms with Gasteiger partial charge in [-0.1, -0.05) is 6.07 Å². The predicted molar refractivity (Wildman–Crippen MR) is 102 cm³/mol. The number of hydrogen-bond acceptors (Lipinski definition) is 4. The molecule has 1 saturated heterocycles. The number of amides is 2. The van der Waals surface area contributed by atoms with E-state index in [2.05, 4.69) is 15.2 Å². The van der Waals surface area contributed by atoms with E-state index in [1.807, 2.05) is 42.5 Å². The van der Waals surface area contributed by atoms with Crippen LogP contribution in [0.5, 0.6) is 0 Å². The molecule has 26 heavy (non-hydrogen) atoms. The van der Waals surface area contributed by atoms with Crippen LogP contribution >= 0.6 is 0 Å². The van der Waals surface area contributed by atoms with E-state index in [1.54, 1.807) is 6.20 Å². The van der Waals surface area contributed by atoms with Gasteiger partial charge in [0.2, 0.25) is 11.8 Å². The Morgan fingerprint density at radius 1 is 1.12 bits per heavy atom. The highest BCUT2D eigenvalue weighted by atomic mass is 16.2. The maximum Gasteiger partial charge on any atom is 0.244 e. The van der Waals surface area contributed by atoms with E-state index in [4.69, 9.17) is 0 Å². The molecule has 1 aromatic carbocycles. The van der Waals surface area contributed by atoms with Crippen molar-refractivity contribution in [2.24, 2.45) is 0 Å². The number of benzene rings is 1. The van der Waals surface area contributed by atoms with Gasteiger partial charge in [-0.05, 0) is 49.2 Å². The predicted octanol–water partition coefficient (Wildman–Crippen LogP) is 2.67. The van der Waals surface area contributed by atoms with Gasteiger partial charge in [0.25, 0.3) is 0 Å². The Kier molecular flexibility index (Phi) is 5.84. The lowest BCUT2D eigenvalue weighted by molar-refractivity contribution is -0.133. The number of carbonyl (C=O) groups excluding carboxylic acids is 2. The van der Waals surface area contributed by atoms with Crippen LogP contribution in [-0.4, -0.2) is 41.3 Å². The van der Waals surface area contributed by atoms with Crippen LogP contribution < -0.4 is 10.2 Å². The van der Waals surface area contributed by atoms with E-state index < -0.39 is 0 Å². The van der Waals surface area contributed by atoms with Crippen LogP contribution in [-0.2, 0) is 16.1 Å². The first-order chi connectivity index (χ1) is 12.6.